The molecule has 0 fully saturated rings. The van der Waals surface area contributed by atoms with E-state index in [1.165, 1.54) is 5.56 Å². The van der Waals surface area contributed by atoms with Crippen molar-refractivity contribution in [1.29, 1.82) is 0 Å². The van der Waals surface area contributed by atoms with E-state index in [1.54, 1.807) is 28.0 Å². The Hall–Kier alpha value is -2.61. The average Bonchev–Trinajstić information content (AvgIpc) is 3.27. The van der Waals surface area contributed by atoms with Crippen molar-refractivity contribution in [3.05, 3.63) is 59.1 Å². The van der Waals surface area contributed by atoms with Crippen LogP contribution in [0.1, 0.15) is 18.9 Å². The number of carbonyl (C=O) groups is 1. The third kappa shape index (κ3) is 5.19. The molecule has 0 radical (unpaired) electrons. The molecule has 0 unspecified atom stereocenters. The van der Waals surface area contributed by atoms with Crippen LogP contribution in [0.25, 0.3) is 0 Å². The molecule has 0 aliphatic carbocycles. The Kier molecular flexibility index (Phi) is 6.06. The Labute approximate surface area is 160 Å². The minimum Gasteiger partial charge on any atom is -0.471 e. The van der Waals surface area contributed by atoms with Crippen LogP contribution < -0.4 is 10.1 Å². The van der Waals surface area contributed by atoms with Gasteiger partial charge < -0.3 is 10.1 Å². The molecule has 3 aromatic rings. The molecule has 1 N–H and O–H groups in total. The molecular formula is C18H20BrN5O2. The normalized spacial score (nSPS) is 10.7. The van der Waals surface area contributed by atoms with Gasteiger partial charge in [-0.15, -0.1) is 0 Å². The zero-order chi connectivity index (χ0) is 18.4. The molecule has 136 valence electrons. The summed E-state index contributed by atoms with van der Waals surface area (Å²) in [5.74, 6) is 0.695. The number of aryl methyl sites for hydroxylation is 2. The predicted octanol–water partition coefficient (Wildman–Crippen LogP) is 3.47. The Bertz CT molecular complexity index is 857. The molecule has 8 heteroatoms. The molecule has 0 atom stereocenters. The van der Waals surface area contributed by atoms with Crippen molar-refractivity contribution in [3.63, 3.8) is 0 Å². The summed E-state index contributed by atoms with van der Waals surface area (Å²) >= 11 is 3.33. The number of ether oxygens (including phenoxy) is 1. The van der Waals surface area contributed by atoms with Crippen molar-refractivity contribution in [3.8, 4) is 5.75 Å². The summed E-state index contributed by atoms with van der Waals surface area (Å²) in [5, 5.41) is 11.1. The van der Waals surface area contributed by atoms with Crippen LogP contribution >= 0.6 is 15.9 Å². The lowest BCUT2D eigenvalue weighted by atomic mass is 10.2. The Morgan fingerprint density at radius 1 is 1.15 bits per heavy atom. The fourth-order valence-electron chi connectivity index (χ4n) is 2.36. The monoisotopic (exact) mass is 417 g/mol. The van der Waals surface area contributed by atoms with E-state index in [0.717, 1.165) is 16.6 Å². The second-order valence-corrected chi connectivity index (χ2v) is 6.67. The maximum Gasteiger partial charge on any atom is 0.226 e. The molecule has 3 rings (SSSR count). The standard InChI is InChI=1S/C18H20BrN5O2/c1-2-14-3-5-17(6-4-14)26-13-24-12-16(10-21-24)22-18(25)7-8-23-11-15(19)9-20-23/h3-6,9-12H,2,7-8,13H2,1H3,(H,22,25). The van der Waals surface area contributed by atoms with Gasteiger partial charge in [-0.3, -0.25) is 9.48 Å². The van der Waals surface area contributed by atoms with Crippen molar-refractivity contribution in [2.75, 3.05) is 5.32 Å². The number of halogens is 1. The summed E-state index contributed by atoms with van der Waals surface area (Å²) in [7, 11) is 0. The van der Waals surface area contributed by atoms with E-state index in [9.17, 15) is 4.79 Å². The van der Waals surface area contributed by atoms with Gasteiger partial charge in [-0.05, 0) is 40.0 Å². The van der Waals surface area contributed by atoms with E-state index in [4.69, 9.17) is 4.74 Å². The number of rotatable bonds is 8. The summed E-state index contributed by atoms with van der Waals surface area (Å²) in [6.45, 7) is 2.91. The molecule has 0 spiro atoms. The molecule has 7 nitrogen and oxygen atoms in total. The molecule has 2 heterocycles. The van der Waals surface area contributed by atoms with E-state index in [2.05, 4.69) is 38.4 Å². The second-order valence-electron chi connectivity index (χ2n) is 5.76. The lowest BCUT2D eigenvalue weighted by Gasteiger charge is -2.06. The SMILES string of the molecule is CCc1ccc(OCn2cc(NC(=O)CCn3cc(Br)cn3)cn2)cc1. The number of nitrogens with one attached hydrogen (secondary N) is 1. The highest BCUT2D eigenvalue weighted by atomic mass is 79.9. The Morgan fingerprint density at radius 2 is 1.92 bits per heavy atom. The maximum atomic E-state index is 12.0. The summed E-state index contributed by atoms with van der Waals surface area (Å²) in [6.07, 6.45) is 8.20. The lowest BCUT2D eigenvalue weighted by Crippen LogP contribution is -2.14. The molecule has 26 heavy (non-hydrogen) atoms. The van der Waals surface area contributed by atoms with E-state index in [-0.39, 0.29) is 12.6 Å². The molecule has 0 aliphatic heterocycles. The van der Waals surface area contributed by atoms with Gasteiger partial charge in [-0.25, -0.2) is 4.68 Å². The Morgan fingerprint density at radius 3 is 2.62 bits per heavy atom. The molecule has 1 aromatic carbocycles. The molecule has 1 amide bonds. The molecular weight excluding hydrogens is 398 g/mol. The van der Waals surface area contributed by atoms with E-state index >= 15 is 0 Å². The van der Waals surface area contributed by atoms with Crippen molar-refractivity contribution < 1.29 is 9.53 Å². The lowest BCUT2D eigenvalue weighted by molar-refractivity contribution is -0.116. The van der Waals surface area contributed by atoms with Crippen LogP contribution in [-0.2, 0) is 24.5 Å². The van der Waals surface area contributed by atoms with Gasteiger partial charge in [-0.1, -0.05) is 19.1 Å². The first kappa shape index (κ1) is 18.2. The number of carbonyl (C=O) groups excluding carboxylic acids is 1. The minimum atomic E-state index is -0.0905. The first-order valence-corrected chi connectivity index (χ1v) is 9.13. The number of aromatic nitrogens is 4. The second kappa shape index (κ2) is 8.66. The zero-order valence-electron chi connectivity index (χ0n) is 14.4. The van der Waals surface area contributed by atoms with Crippen LogP contribution in [0.2, 0.25) is 0 Å². The van der Waals surface area contributed by atoms with Crippen molar-refractivity contribution in [2.24, 2.45) is 0 Å². The summed E-state index contributed by atoms with van der Waals surface area (Å²) < 4.78 is 9.93. The number of hydrogen-bond donors (Lipinski definition) is 1. The molecule has 2 aromatic heterocycles. The first-order chi connectivity index (χ1) is 12.6. The molecule has 0 aliphatic rings. The quantitative estimate of drug-likeness (QED) is 0.608. The molecule has 0 bridgehead atoms. The number of hydrogen-bond acceptors (Lipinski definition) is 4. The molecule has 0 saturated carbocycles. The van der Waals surface area contributed by atoms with Gasteiger partial charge in [0.25, 0.3) is 0 Å². The van der Waals surface area contributed by atoms with Gasteiger partial charge in [0.05, 0.1) is 28.8 Å². The number of nitrogens with zero attached hydrogens (tertiary/aromatic N) is 4. The highest BCUT2D eigenvalue weighted by Crippen LogP contribution is 2.14. The summed E-state index contributed by atoms with van der Waals surface area (Å²) in [5.41, 5.74) is 1.91. The fraction of sp³-hybridized carbons (Fsp3) is 0.278. The highest BCUT2D eigenvalue weighted by molar-refractivity contribution is 9.10. The predicted molar refractivity (Wildman–Crippen MR) is 102 cm³/mol. The Balaban J connectivity index is 1.45. The van der Waals surface area contributed by atoms with Crippen molar-refractivity contribution in [1.82, 2.24) is 19.6 Å². The minimum absolute atomic E-state index is 0.0905. The third-order valence-electron chi connectivity index (χ3n) is 3.78. The number of anilines is 1. The van der Waals surface area contributed by atoms with Crippen molar-refractivity contribution in [2.45, 2.75) is 33.0 Å². The van der Waals surface area contributed by atoms with Crippen LogP contribution in [0, 0.1) is 0 Å². The summed E-state index contributed by atoms with van der Waals surface area (Å²) in [6, 6.07) is 7.97. The van der Waals surface area contributed by atoms with Crippen LogP contribution in [0.15, 0.2) is 53.5 Å². The summed E-state index contributed by atoms with van der Waals surface area (Å²) in [4.78, 5) is 12.0. The third-order valence-corrected chi connectivity index (χ3v) is 4.19. The van der Waals surface area contributed by atoms with E-state index in [0.29, 0.717) is 18.7 Å². The van der Waals surface area contributed by atoms with Crippen LogP contribution in [0.3, 0.4) is 0 Å². The number of benzene rings is 1. The van der Waals surface area contributed by atoms with Gasteiger partial charge in [0.15, 0.2) is 6.73 Å². The van der Waals surface area contributed by atoms with Gasteiger partial charge in [0.1, 0.15) is 5.75 Å². The fourth-order valence-corrected chi connectivity index (χ4v) is 2.69. The van der Waals surface area contributed by atoms with Gasteiger partial charge in [-0.2, -0.15) is 10.2 Å². The number of amides is 1. The zero-order valence-corrected chi connectivity index (χ0v) is 16.0. The first-order valence-electron chi connectivity index (χ1n) is 8.34. The van der Waals surface area contributed by atoms with Crippen LogP contribution in [-0.4, -0.2) is 25.5 Å². The molecule has 0 saturated heterocycles. The topological polar surface area (TPSA) is 74.0 Å². The van der Waals surface area contributed by atoms with Gasteiger partial charge >= 0.3 is 0 Å². The maximum absolute atomic E-state index is 12.0. The van der Waals surface area contributed by atoms with Crippen molar-refractivity contribution >= 4 is 27.5 Å². The van der Waals surface area contributed by atoms with E-state index < -0.39 is 0 Å². The van der Waals surface area contributed by atoms with Crippen LogP contribution in [0.4, 0.5) is 5.69 Å². The highest BCUT2D eigenvalue weighted by Gasteiger charge is 2.06. The largest absolute Gasteiger partial charge is 0.471 e. The average molecular weight is 418 g/mol. The van der Waals surface area contributed by atoms with Gasteiger partial charge in [0.2, 0.25) is 5.91 Å². The smallest absolute Gasteiger partial charge is 0.226 e. The van der Waals surface area contributed by atoms with Gasteiger partial charge in [0, 0.05) is 19.2 Å². The van der Waals surface area contributed by atoms with Crippen LogP contribution in [0.5, 0.6) is 5.75 Å². The van der Waals surface area contributed by atoms with E-state index in [1.807, 2.05) is 30.5 Å².